The molecule has 0 saturated heterocycles. The van der Waals surface area contributed by atoms with Gasteiger partial charge in [-0.3, -0.25) is 16.0 Å². The van der Waals surface area contributed by atoms with Gasteiger partial charge in [0.25, 0.3) is 0 Å². The average molecular weight is 259 g/mol. The van der Waals surface area contributed by atoms with Crippen LogP contribution in [0.5, 0.6) is 5.75 Å². The van der Waals surface area contributed by atoms with Crippen LogP contribution in [0.25, 0.3) is 0 Å². The van der Waals surface area contributed by atoms with Crippen LogP contribution in [-0.4, -0.2) is 27.1 Å². The second-order valence-corrected chi connectivity index (χ2v) is 4.83. The zero-order valence-corrected chi connectivity index (χ0v) is 10.8. The number of nitrogens with zero attached hydrogens (tertiary/aromatic N) is 3. The fourth-order valence-corrected chi connectivity index (χ4v) is 2.45. The summed E-state index contributed by atoms with van der Waals surface area (Å²) >= 11 is 0. The number of nitrogens with two attached hydrogens (primary N) is 1. The van der Waals surface area contributed by atoms with E-state index in [1.165, 1.54) is 5.56 Å². The third-order valence-electron chi connectivity index (χ3n) is 3.41. The van der Waals surface area contributed by atoms with Crippen molar-refractivity contribution in [3.05, 3.63) is 41.7 Å². The molecule has 1 aromatic carbocycles. The van der Waals surface area contributed by atoms with E-state index in [-0.39, 0.29) is 12.1 Å². The van der Waals surface area contributed by atoms with Crippen molar-refractivity contribution in [1.82, 2.24) is 20.4 Å². The molecule has 0 saturated carbocycles. The summed E-state index contributed by atoms with van der Waals surface area (Å²) in [4.78, 5) is 0. The molecule has 2 aromatic rings. The second-order valence-electron chi connectivity index (χ2n) is 4.83. The number of hydrogen-bond acceptors (Lipinski definition) is 5. The van der Waals surface area contributed by atoms with Crippen LogP contribution in [0.15, 0.2) is 30.5 Å². The molecule has 6 heteroatoms. The Labute approximate surface area is 111 Å². The van der Waals surface area contributed by atoms with Gasteiger partial charge in [-0.1, -0.05) is 23.4 Å². The highest BCUT2D eigenvalue weighted by atomic mass is 16.5. The summed E-state index contributed by atoms with van der Waals surface area (Å²) in [5.74, 6) is 6.61. The first kappa shape index (κ1) is 12.1. The van der Waals surface area contributed by atoms with Crippen LogP contribution in [0.1, 0.15) is 11.3 Å². The number of hydrazine groups is 1. The predicted molar refractivity (Wildman–Crippen MR) is 70.4 cm³/mol. The van der Waals surface area contributed by atoms with Gasteiger partial charge in [-0.2, -0.15) is 0 Å². The average Bonchev–Trinajstić information content (AvgIpc) is 3.01. The minimum absolute atomic E-state index is 0.0177. The van der Waals surface area contributed by atoms with Gasteiger partial charge in [0.15, 0.2) is 0 Å². The lowest BCUT2D eigenvalue weighted by Gasteiger charge is -2.21. The minimum Gasteiger partial charge on any atom is -0.488 e. The first-order valence-electron chi connectivity index (χ1n) is 6.32. The SMILES string of the molecule is Cn1cc(CC(NN)C2Cc3ccccc3O2)nn1. The quantitative estimate of drug-likeness (QED) is 0.605. The van der Waals surface area contributed by atoms with Crippen LogP contribution in [0.3, 0.4) is 0 Å². The topological polar surface area (TPSA) is 78.0 Å². The Morgan fingerprint density at radius 2 is 2.37 bits per heavy atom. The highest BCUT2D eigenvalue weighted by Crippen LogP contribution is 2.29. The molecule has 1 aliphatic heterocycles. The van der Waals surface area contributed by atoms with Gasteiger partial charge < -0.3 is 4.74 Å². The summed E-state index contributed by atoms with van der Waals surface area (Å²) in [6.07, 6.45) is 3.49. The number of hydrogen-bond donors (Lipinski definition) is 2. The number of rotatable bonds is 4. The van der Waals surface area contributed by atoms with Gasteiger partial charge in [0.2, 0.25) is 0 Å². The van der Waals surface area contributed by atoms with Gasteiger partial charge in [0.1, 0.15) is 11.9 Å². The molecule has 3 N–H and O–H groups in total. The van der Waals surface area contributed by atoms with Crippen molar-refractivity contribution < 1.29 is 4.74 Å². The van der Waals surface area contributed by atoms with Crippen molar-refractivity contribution in [2.45, 2.75) is 25.0 Å². The molecule has 100 valence electrons. The second kappa shape index (κ2) is 4.99. The maximum absolute atomic E-state index is 5.94. The summed E-state index contributed by atoms with van der Waals surface area (Å²) in [5.41, 5.74) is 4.97. The van der Waals surface area contributed by atoms with Crippen LogP contribution in [-0.2, 0) is 19.9 Å². The van der Waals surface area contributed by atoms with Gasteiger partial charge >= 0.3 is 0 Å². The lowest BCUT2D eigenvalue weighted by molar-refractivity contribution is 0.177. The monoisotopic (exact) mass is 259 g/mol. The fourth-order valence-electron chi connectivity index (χ4n) is 2.45. The normalized spacial score (nSPS) is 18.9. The molecule has 0 bridgehead atoms. The van der Waals surface area contributed by atoms with E-state index < -0.39 is 0 Å². The third kappa shape index (κ3) is 2.45. The molecular weight excluding hydrogens is 242 g/mol. The highest BCUT2D eigenvalue weighted by molar-refractivity contribution is 5.37. The summed E-state index contributed by atoms with van der Waals surface area (Å²) in [6, 6.07) is 8.10. The van der Waals surface area contributed by atoms with Gasteiger partial charge in [-0.05, 0) is 11.6 Å². The van der Waals surface area contributed by atoms with Gasteiger partial charge in [-0.15, -0.1) is 5.10 Å². The molecule has 0 aliphatic carbocycles. The molecule has 1 aliphatic rings. The molecule has 19 heavy (non-hydrogen) atoms. The number of benzene rings is 1. The molecule has 0 amide bonds. The van der Waals surface area contributed by atoms with Crippen LogP contribution in [0.4, 0.5) is 0 Å². The van der Waals surface area contributed by atoms with Crippen LogP contribution in [0, 0.1) is 0 Å². The molecule has 2 unspecified atom stereocenters. The molecule has 3 rings (SSSR count). The van der Waals surface area contributed by atoms with E-state index in [1.807, 2.05) is 31.4 Å². The van der Waals surface area contributed by atoms with Gasteiger partial charge in [0, 0.05) is 26.1 Å². The Hall–Kier alpha value is -1.92. The largest absolute Gasteiger partial charge is 0.488 e. The Kier molecular flexibility index (Phi) is 3.18. The van der Waals surface area contributed by atoms with Crippen LogP contribution < -0.4 is 16.0 Å². The van der Waals surface area contributed by atoms with Gasteiger partial charge in [-0.25, -0.2) is 0 Å². The first-order valence-corrected chi connectivity index (χ1v) is 6.32. The lowest BCUT2D eigenvalue weighted by Crippen LogP contribution is -2.47. The Balaban J connectivity index is 1.71. The molecule has 0 fully saturated rings. The maximum atomic E-state index is 5.94. The van der Waals surface area contributed by atoms with E-state index >= 15 is 0 Å². The van der Waals surface area contributed by atoms with E-state index in [4.69, 9.17) is 10.6 Å². The van der Waals surface area contributed by atoms with E-state index in [0.717, 1.165) is 17.9 Å². The third-order valence-corrected chi connectivity index (χ3v) is 3.41. The van der Waals surface area contributed by atoms with E-state index in [9.17, 15) is 0 Å². The number of aryl methyl sites for hydroxylation is 1. The summed E-state index contributed by atoms with van der Waals surface area (Å²) < 4.78 is 7.63. The maximum Gasteiger partial charge on any atom is 0.123 e. The standard InChI is InChI=1S/C13H17N5O/c1-18-8-10(16-17-18)7-11(15-14)13-6-9-4-2-3-5-12(9)19-13/h2-5,8,11,13,15H,6-7,14H2,1H3. The van der Waals surface area contributed by atoms with Gasteiger partial charge in [0.05, 0.1) is 11.7 Å². The zero-order chi connectivity index (χ0) is 13.2. The number of nitrogens with one attached hydrogen (secondary N) is 1. The summed E-state index contributed by atoms with van der Waals surface area (Å²) in [5, 5.41) is 8.01. The number of aromatic nitrogens is 3. The van der Waals surface area contributed by atoms with Crippen LogP contribution in [0.2, 0.25) is 0 Å². The van der Waals surface area contributed by atoms with Crippen molar-refractivity contribution >= 4 is 0 Å². The zero-order valence-electron chi connectivity index (χ0n) is 10.8. The molecular formula is C13H17N5O. The summed E-state index contributed by atoms with van der Waals surface area (Å²) in [7, 11) is 1.85. The molecule has 1 aromatic heterocycles. The Morgan fingerprint density at radius 3 is 3.05 bits per heavy atom. The lowest BCUT2D eigenvalue weighted by atomic mass is 10.0. The van der Waals surface area contributed by atoms with Crippen molar-refractivity contribution in [3.63, 3.8) is 0 Å². The molecule has 6 nitrogen and oxygen atoms in total. The molecule has 0 radical (unpaired) electrons. The molecule has 0 spiro atoms. The van der Waals surface area contributed by atoms with E-state index in [1.54, 1.807) is 4.68 Å². The smallest absolute Gasteiger partial charge is 0.123 e. The minimum atomic E-state index is 0.0177. The molecule has 2 atom stereocenters. The van der Waals surface area contributed by atoms with Crippen molar-refractivity contribution in [2.24, 2.45) is 12.9 Å². The Bertz CT molecular complexity index is 543. The van der Waals surface area contributed by atoms with Crippen molar-refractivity contribution in [3.8, 4) is 5.75 Å². The first-order chi connectivity index (χ1) is 9.26. The Morgan fingerprint density at radius 1 is 1.53 bits per heavy atom. The van der Waals surface area contributed by atoms with Crippen LogP contribution >= 0.6 is 0 Å². The summed E-state index contributed by atoms with van der Waals surface area (Å²) in [6.45, 7) is 0. The van der Waals surface area contributed by atoms with E-state index in [2.05, 4.69) is 21.8 Å². The highest BCUT2D eigenvalue weighted by Gasteiger charge is 2.30. The molecule has 2 heterocycles. The number of fused-ring (bicyclic) bond motifs is 1. The fraction of sp³-hybridized carbons (Fsp3) is 0.385. The predicted octanol–water partition coefficient (Wildman–Crippen LogP) is 0.193. The number of para-hydroxylation sites is 1. The van der Waals surface area contributed by atoms with E-state index in [0.29, 0.717) is 6.42 Å². The van der Waals surface area contributed by atoms with Crippen molar-refractivity contribution in [2.75, 3.05) is 0 Å². The number of ether oxygens (including phenoxy) is 1. The van der Waals surface area contributed by atoms with Crippen molar-refractivity contribution in [1.29, 1.82) is 0 Å².